The molecule has 0 bridgehead atoms. The molecular weight excluding hydrogens is 475 g/mol. The molecule has 27 heavy (non-hydrogen) atoms. The summed E-state index contributed by atoms with van der Waals surface area (Å²) in [7, 11) is 0. The molecule has 7 nitrogen and oxygen atoms in total. The lowest BCUT2D eigenvalue weighted by molar-refractivity contribution is 0.186. The van der Waals surface area contributed by atoms with Gasteiger partial charge in [0.15, 0.2) is 5.65 Å². The van der Waals surface area contributed by atoms with Crippen molar-refractivity contribution >= 4 is 45.5 Å². The highest BCUT2D eigenvalue weighted by molar-refractivity contribution is 14.1. The van der Waals surface area contributed by atoms with E-state index < -0.39 is 11.4 Å². The Kier molecular flexibility index (Phi) is 5.32. The maximum atomic E-state index is 12.6. The van der Waals surface area contributed by atoms with Gasteiger partial charge in [0.25, 0.3) is 0 Å². The second-order valence-electron chi connectivity index (χ2n) is 8.72. The summed E-state index contributed by atoms with van der Waals surface area (Å²) in [6.07, 6.45) is 9.39. The summed E-state index contributed by atoms with van der Waals surface area (Å²) in [5.74, 6) is 0.922. The quantitative estimate of drug-likeness (QED) is 0.514. The minimum absolute atomic E-state index is 0.227. The molecule has 4 rings (SSSR count). The number of fused-ring (bicyclic) bond motifs is 1. The number of aromatic nitrogens is 4. The predicted octanol–water partition coefficient (Wildman–Crippen LogP) is 2.92. The molecule has 1 saturated carbocycles. The van der Waals surface area contributed by atoms with Crippen molar-refractivity contribution in [1.29, 1.82) is 0 Å². The number of hydrogen-bond acceptors (Lipinski definition) is 6. The normalized spacial score (nSPS) is 24.0. The fourth-order valence-corrected chi connectivity index (χ4v) is 5.88. The van der Waals surface area contributed by atoms with E-state index in [9.17, 15) is 4.55 Å². The third-order valence-electron chi connectivity index (χ3n) is 6.02. The molecule has 0 amide bonds. The SMILES string of the molecule is CC(C)(C)[S+]([O-])N[C@@H]1CCCC12CCN(c1ncc(I)c3nncn13)CC2. The summed E-state index contributed by atoms with van der Waals surface area (Å²) in [4.78, 5) is 7.00. The Hall–Kier alpha value is -0.650. The van der Waals surface area contributed by atoms with E-state index in [0.29, 0.717) is 6.04 Å². The maximum absolute atomic E-state index is 12.6. The molecule has 1 aliphatic carbocycles. The van der Waals surface area contributed by atoms with Gasteiger partial charge in [0, 0.05) is 30.6 Å². The molecule has 148 valence electrons. The standard InChI is InChI=1S/C18H27IN6OS/c1-17(2,3)27(26)23-14-5-4-6-18(14)7-9-24(10-8-18)16-20-11-13(19)15-22-21-12-25(15)16/h11-12,14,23H,4-10H2,1-3H3/t14-,27?/m1/s1. The lowest BCUT2D eigenvalue weighted by Crippen LogP contribution is -2.53. The van der Waals surface area contributed by atoms with Crippen LogP contribution in [-0.2, 0) is 11.4 Å². The smallest absolute Gasteiger partial charge is 0.212 e. The Morgan fingerprint density at radius 2 is 2.04 bits per heavy atom. The van der Waals surface area contributed by atoms with Crippen molar-refractivity contribution in [2.45, 2.75) is 63.7 Å². The Bertz CT molecular complexity index is 814. The van der Waals surface area contributed by atoms with Crippen LogP contribution in [0.25, 0.3) is 5.65 Å². The molecule has 1 N–H and O–H groups in total. The largest absolute Gasteiger partial charge is 0.598 e. The molecule has 2 aromatic rings. The van der Waals surface area contributed by atoms with Crippen molar-refractivity contribution < 1.29 is 4.55 Å². The van der Waals surface area contributed by atoms with Crippen molar-refractivity contribution in [3.8, 4) is 0 Å². The van der Waals surface area contributed by atoms with Gasteiger partial charge < -0.3 is 9.45 Å². The highest BCUT2D eigenvalue weighted by atomic mass is 127. The lowest BCUT2D eigenvalue weighted by Gasteiger charge is -2.44. The molecule has 0 radical (unpaired) electrons. The molecule has 3 heterocycles. The monoisotopic (exact) mass is 502 g/mol. The van der Waals surface area contributed by atoms with E-state index >= 15 is 0 Å². The minimum atomic E-state index is -1.01. The molecule has 0 aromatic carbocycles. The predicted molar refractivity (Wildman–Crippen MR) is 116 cm³/mol. The van der Waals surface area contributed by atoms with Gasteiger partial charge in [-0.25, -0.2) is 4.98 Å². The van der Waals surface area contributed by atoms with Crippen LogP contribution in [0.15, 0.2) is 12.5 Å². The zero-order valence-corrected chi connectivity index (χ0v) is 19.1. The van der Waals surface area contributed by atoms with Gasteiger partial charge in [0.05, 0.1) is 9.61 Å². The van der Waals surface area contributed by atoms with Crippen LogP contribution in [0.5, 0.6) is 0 Å². The molecule has 1 aliphatic heterocycles. The van der Waals surface area contributed by atoms with Gasteiger partial charge in [0.1, 0.15) is 11.1 Å². The van der Waals surface area contributed by atoms with Gasteiger partial charge in [-0.1, -0.05) is 6.42 Å². The Balaban J connectivity index is 1.49. The van der Waals surface area contributed by atoms with Gasteiger partial charge in [-0.2, -0.15) is 0 Å². The summed E-state index contributed by atoms with van der Waals surface area (Å²) in [5.41, 5.74) is 1.12. The molecular formula is C18H27IN6OS. The molecule has 1 spiro atoms. The minimum Gasteiger partial charge on any atom is -0.598 e. The van der Waals surface area contributed by atoms with Gasteiger partial charge >= 0.3 is 0 Å². The number of nitrogens with zero attached hydrogens (tertiary/aromatic N) is 5. The third-order valence-corrected chi connectivity index (χ3v) is 8.40. The van der Waals surface area contributed by atoms with Crippen molar-refractivity contribution in [3.63, 3.8) is 0 Å². The summed E-state index contributed by atoms with van der Waals surface area (Å²) in [5, 5.41) is 8.26. The molecule has 2 atom stereocenters. The van der Waals surface area contributed by atoms with Crippen LogP contribution in [0.2, 0.25) is 0 Å². The summed E-state index contributed by atoms with van der Waals surface area (Å²) in [6.45, 7) is 8.02. The van der Waals surface area contributed by atoms with E-state index in [2.05, 4.69) is 47.4 Å². The summed E-state index contributed by atoms with van der Waals surface area (Å²) in [6, 6.07) is 0.347. The van der Waals surface area contributed by atoms with Crippen LogP contribution >= 0.6 is 22.6 Å². The van der Waals surface area contributed by atoms with Crippen molar-refractivity contribution in [2.24, 2.45) is 5.41 Å². The fourth-order valence-electron chi connectivity index (χ4n) is 4.39. The molecule has 1 unspecified atom stereocenters. The molecule has 2 aromatic heterocycles. The summed E-state index contributed by atoms with van der Waals surface area (Å²) >= 11 is 1.23. The van der Waals surface area contributed by atoms with Gasteiger partial charge in [0.2, 0.25) is 5.95 Å². The van der Waals surface area contributed by atoms with E-state index in [-0.39, 0.29) is 10.2 Å². The average molecular weight is 502 g/mol. The topological polar surface area (TPSA) is 81.4 Å². The zero-order valence-electron chi connectivity index (χ0n) is 16.1. The van der Waals surface area contributed by atoms with Gasteiger partial charge in [-0.05, 0) is 74.5 Å². The highest BCUT2D eigenvalue weighted by Gasteiger charge is 2.48. The lowest BCUT2D eigenvalue weighted by atomic mass is 9.74. The van der Waals surface area contributed by atoms with E-state index in [4.69, 9.17) is 0 Å². The second kappa shape index (κ2) is 7.31. The van der Waals surface area contributed by atoms with E-state index in [0.717, 1.165) is 47.5 Å². The van der Waals surface area contributed by atoms with Crippen LogP contribution in [0.4, 0.5) is 5.95 Å². The third kappa shape index (κ3) is 3.67. The number of hydrogen-bond donors (Lipinski definition) is 1. The number of rotatable bonds is 3. The highest BCUT2D eigenvalue weighted by Crippen LogP contribution is 2.47. The van der Waals surface area contributed by atoms with Crippen molar-refractivity contribution in [3.05, 3.63) is 16.1 Å². The second-order valence-corrected chi connectivity index (χ2v) is 11.9. The van der Waals surface area contributed by atoms with Gasteiger partial charge in [-0.15, -0.1) is 14.9 Å². The molecule has 2 aliphatic rings. The Labute approximate surface area is 177 Å². The molecule has 1 saturated heterocycles. The number of anilines is 1. The first-order chi connectivity index (χ1) is 12.8. The van der Waals surface area contributed by atoms with Crippen LogP contribution in [0, 0.1) is 8.99 Å². The van der Waals surface area contributed by atoms with Crippen molar-refractivity contribution in [2.75, 3.05) is 18.0 Å². The molecule has 2 fully saturated rings. The van der Waals surface area contributed by atoms with Crippen molar-refractivity contribution in [1.82, 2.24) is 24.3 Å². The first kappa shape index (κ1) is 19.7. The summed E-state index contributed by atoms with van der Waals surface area (Å²) < 4.78 is 18.9. The molecule has 9 heteroatoms. The fraction of sp³-hybridized carbons (Fsp3) is 0.722. The van der Waals surface area contributed by atoms with Crippen LogP contribution in [0.1, 0.15) is 52.9 Å². The number of halogens is 1. The van der Waals surface area contributed by atoms with Crippen LogP contribution < -0.4 is 9.62 Å². The Morgan fingerprint density at radius 1 is 1.30 bits per heavy atom. The average Bonchev–Trinajstić information content (AvgIpc) is 3.25. The van der Waals surface area contributed by atoms with Gasteiger partial charge in [-0.3, -0.25) is 4.40 Å². The van der Waals surface area contributed by atoms with Crippen LogP contribution in [-0.4, -0.2) is 48.0 Å². The van der Waals surface area contributed by atoms with E-state index in [1.54, 1.807) is 6.33 Å². The van der Waals surface area contributed by atoms with E-state index in [1.165, 1.54) is 12.8 Å². The van der Waals surface area contributed by atoms with Crippen LogP contribution in [0.3, 0.4) is 0 Å². The van der Waals surface area contributed by atoms with E-state index in [1.807, 2.05) is 31.4 Å². The maximum Gasteiger partial charge on any atom is 0.212 e. The first-order valence-corrected chi connectivity index (χ1v) is 11.8. The Morgan fingerprint density at radius 3 is 2.74 bits per heavy atom. The first-order valence-electron chi connectivity index (χ1n) is 9.57. The number of piperidine rings is 1. The number of nitrogens with one attached hydrogen (secondary N) is 1. The zero-order chi connectivity index (χ0) is 19.2.